The maximum atomic E-state index is 2.64. The molecule has 11 rings (SSSR count). The van der Waals surface area contributed by atoms with Crippen LogP contribution in [0.25, 0.3) is 69.9 Å². The molecule has 0 aliphatic carbocycles. The van der Waals surface area contributed by atoms with Gasteiger partial charge in [0, 0.05) is 37.4 Å². The van der Waals surface area contributed by atoms with E-state index in [2.05, 4.69) is 258 Å². The molecule has 316 valence electrons. The summed E-state index contributed by atoms with van der Waals surface area (Å²) in [6.07, 6.45) is 0. The van der Waals surface area contributed by atoms with Gasteiger partial charge in [-0.1, -0.05) is 242 Å². The van der Waals surface area contributed by atoms with Gasteiger partial charge in [0.15, 0.2) is 8.07 Å². The van der Waals surface area contributed by atoms with Crippen LogP contribution in [0.1, 0.15) is 52.7 Å². The second-order valence-corrected chi connectivity index (χ2v) is 24.6. The molecule has 0 radical (unpaired) electrons. The van der Waals surface area contributed by atoms with Crippen LogP contribution >= 0.6 is 11.3 Å². The van der Waals surface area contributed by atoms with Gasteiger partial charge < -0.3 is 4.57 Å². The molecule has 3 heteroatoms. The van der Waals surface area contributed by atoms with E-state index in [1.54, 1.807) is 0 Å². The molecule has 0 saturated carbocycles. The molecule has 0 atom stereocenters. The zero-order valence-corrected chi connectivity index (χ0v) is 39.9. The van der Waals surface area contributed by atoms with Gasteiger partial charge >= 0.3 is 0 Å². The van der Waals surface area contributed by atoms with E-state index in [1.165, 1.54) is 102 Å². The van der Waals surface area contributed by atoms with Gasteiger partial charge in [-0.2, -0.15) is 0 Å². The molecule has 0 fully saturated rings. The van der Waals surface area contributed by atoms with Crippen molar-refractivity contribution in [2.45, 2.75) is 52.4 Å². The lowest BCUT2D eigenvalue weighted by molar-refractivity contribution is 0.590. The second-order valence-electron chi connectivity index (χ2n) is 19.7. The first-order valence-corrected chi connectivity index (χ1v) is 25.7. The van der Waals surface area contributed by atoms with Gasteiger partial charge in [-0.3, -0.25) is 0 Å². The van der Waals surface area contributed by atoms with Crippen molar-refractivity contribution in [1.29, 1.82) is 0 Å². The molecule has 0 spiro atoms. The Kier molecular flexibility index (Phi) is 9.91. The summed E-state index contributed by atoms with van der Waals surface area (Å²) < 4.78 is 5.26. The highest BCUT2D eigenvalue weighted by Gasteiger charge is 2.42. The Morgan fingerprint density at radius 3 is 1.31 bits per heavy atom. The SMILES string of the molecule is CC(C)(C)c1ccc(-c2cc([Si](c3ccccc3)(c3ccccc3)c3ccccc3)cc(-c3ccc(C(C)(C)C)cc3)c2-n2c3ccccc3c3ccc4c5ccccc5sc4c32)cc1. The minimum atomic E-state index is -3.00. The van der Waals surface area contributed by atoms with Crippen LogP contribution in [-0.2, 0) is 10.8 Å². The van der Waals surface area contributed by atoms with Crippen LogP contribution < -0.4 is 20.7 Å². The summed E-state index contributed by atoms with van der Waals surface area (Å²) >= 11 is 1.91. The van der Waals surface area contributed by atoms with Gasteiger partial charge in [-0.25, -0.2) is 0 Å². The first-order chi connectivity index (χ1) is 31.5. The van der Waals surface area contributed by atoms with E-state index in [1.807, 2.05) is 11.3 Å². The van der Waals surface area contributed by atoms with E-state index in [0.29, 0.717) is 0 Å². The van der Waals surface area contributed by atoms with Gasteiger partial charge in [-0.15, -0.1) is 11.3 Å². The Hall–Kier alpha value is -6.78. The molecule has 2 heterocycles. The maximum absolute atomic E-state index is 3.00. The van der Waals surface area contributed by atoms with E-state index in [0.717, 1.165) is 0 Å². The van der Waals surface area contributed by atoms with Crippen LogP contribution in [-0.4, -0.2) is 12.6 Å². The largest absolute Gasteiger partial charge is 0.307 e. The molecular formula is C62H53NSSi. The molecule has 0 aliphatic rings. The van der Waals surface area contributed by atoms with Crippen LogP contribution in [0.2, 0.25) is 0 Å². The molecule has 1 nitrogen and oxygen atoms in total. The van der Waals surface area contributed by atoms with Crippen LogP contribution in [0.5, 0.6) is 0 Å². The topological polar surface area (TPSA) is 4.93 Å². The highest BCUT2D eigenvalue weighted by molar-refractivity contribution is 7.26. The fourth-order valence-electron chi connectivity index (χ4n) is 10.4. The predicted molar refractivity (Wildman–Crippen MR) is 286 cm³/mol. The molecule has 65 heavy (non-hydrogen) atoms. The van der Waals surface area contributed by atoms with Crippen molar-refractivity contribution in [3.8, 4) is 27.9 Å². The molecule has 0 saturated heterocycles. The average Bonchev–Trinajstić information content (AvgIpc) is 3.88. The highest BCUT2D eigenvalue weighted by Crippen LogP contribution is 2.46. The van der Waals surface area contributed by atoms with E-state index in [-0.39, 0.29) is 10.8 Å². The van der Waals surface area contributed by atoms with Crippen molar-refractivity contribution in [2.24, 2.45) is 0 Å². The second kappa shape index (κ2) is 15.7. The summed E-state index contributed by atoms with van der Waals surface area (Å²) in [5, 5.41) is 10.6. The monoisotopic (exact) mass is 871 g/mol. The minimum absolute atomic E-state index is 0.0127. The van der Waals surface area contributed by atoms with Crippen molar-refractivity contribution >= 4 is 82.1 Å². The molecule has 0 N–H and O–H groups in total. The summed E-state index contributed by atoms with van der Waals surface area (Å²) in [4.78, 5) is 0. The fourth-order valence-corrected chi connectivity index (χ4v) is 16.4. The summed E-state index contributed by atoms with van der Waals surface area (Å²) in [6, 6.07) is 80.9. The van der Waals surface area contributed by atoms with Crippen LogP contribution in [0.15, 0.2) is 212 Å². The molecular weight excluding hydrogens is 819 g/mol. The number of hydrogen-bond donors (Lipinski definition) is 0. The molecule has 0 bridgehead atoms. The lowest BCUT2D eigenvalue weighted by Gasteiger charge is -2.36. The summed E-state index contributed by atoms with van der Waals surface area (Å²) in [6.45, 7) is 13.8. The summed E-state index contributed by atoms with van der Waals surface area (Å²) in [5.74, 6) is 0. The number of hydrogen-bond acceptors (Lipinski definition) is 1. The number of rotatable bonds is 7. The van der Waals surface area contributed by atoms with Crippen molar-refractivity contribution in [3.63, 3.8) is 0 Å². The maximum Gasteiger partial charge on any atom is 0.179 e. The fraction of sp³-hybridized carbons (Fsp3) is 0.129. The van der Waals surface area contributed by atoms with Crippen molar-refractivity contribution in [1.82, 2.24) is 4.57 Å². The van der Waals surface area contributed by atoms with E-state index < -0.39 is 8.07 Å². The van der Waals surface area contributed by atoms with Crippen LogP contribution in [0, 0.1) is 0 Å². The minimum Gasteiger partial charge on any atom is -0.307 e. The lowest BCUT2D eigenvalue weighted by Crippen LogP contribution is -2.74. The third-order valence-corrected chi connectivity index (χ3v) is 19.6. The van der Waals surface area contributed by atoms with Crippen molar-refractivity contribution in [2.75, 3.05) is 0 Å². The number of aromatic nitrogens is 1. The number of benzene rings is 9. The molecule has 0 aliphatic heterocycles. The standard InChI is InChI=1S/C62H53NSSi/c1-61(2,3)44-34-30-42(31-35-44)54-40-49(65(46-20-10-7-11-21-46,47-22-12-8-13-23-47)48-24-14-9-15-25-48)41-55(43-32-36-45(37-33-43)62(4,5)6)58(54)63-56-28-18-16-26-50(56)52-38-39-53-51-27-17-19-29-57(51)64-60(53)59(52)63/h7-41H,1-6H3. The number of para-hydroxylation sites is 1. The Bertz CT molecular complexity index is 3340. The molecule has 2 aromatic heterocycles. The zero-order valence-electron chi connectivity index (χ0n) is 38.1. The first-order valence-electron chi connectivity index (χ1n) is 22.9. The smallest absolute Gasteiger partial charge is 0.179 e. The zero-order chi connectivity index (χ0) is 44.5. The van der Waals surface area contributed by atoms with Crippen LogP contribution in [0.3, 0.4) is 0 Å². The van der Waals surface area contributed by atoms with Crippen molar-refractivity contribution < 1.29 is 0 Å². The Balaban J connectivity index is 1.37. The van der Waals surface area contributed by atoms with Crippen molar-refractivity contribution in [3.05, 3.63) is 223 Å². The van der Waals surface area contributed by atoms with E-state index >= 15 is 0 Å². The molecule has 0 unspecified atom stereocenters. The predicted octanol–water partition coefficient (Wildman–Crippen LogP) is 14.5. The lowest BCUT2D eigenvalue weighted by atomic mass is 9.85. The molecule has 11 aromatic rings. The Morgan fingerprint density at radius 2 is 0.815 bits per heavy atom. The third-order valence-electron chi connectivity index (χ3n) is 13.7. The number of fused-ring (bicyclic) bond motifs is 7. The van der Waals surface area contributed by atoms with Gasteiger partial charge in [0.25, 0.3) is 0 Å². The summed E-state index contributed by atoms with van der Waals surface area (Å²) in [5.41, 5.74) is 11.2. The quantitative estimate of drug-likeness (QED) is 0.111. The molecule has 0 amide bonds. The number of thiophene rings is 1. The Morgan fingerprint density at radius 1 is 0.385 bits per heavy atom. The van der Waals surface area contributed by atoms with Gasteiger partial charge in [-0.05, 0) is 66.0 Å². The van der Waals surface area contributed by atoms with E-state index in [4.69, 9.17) is 0 Å². The third kappa shape index (κ3) is 6.80. The average molecular weight is 872 g/mol. The van der Waals surface area contributed by atoms with E-state index in [9.17, 15) is 0 Å². The summed E-state index contributed by atoms with van der Waals surface area (Å²) in [7, 11) is -3.00. The Labute approximate surface area is 388 Å². The highest BCUT2D eigenvalue weighted by atomic mass is 32.1. The molecule has 9 aromatic carbocycles. The van der Waals surface area contributed by atoms with Gasteiger partial charge in [0.2, 0.25) is 0 Å². The van der Waals surface area contributed by atoms with Gasteiger partial charge in [0.1, 0.15) is 0 Å². The van der Waals surface area contributed by atoms with Gasteiger partial charge in [0.05, 0.1) is 21.4 Å². The van der Waals surface area contributed by atoms with Crippen LogP contribution in [0.4, 0.5) is 0 Å². The first kappa shape index (κ1) is 41.0. The number of nitrogens with zero attached hydrogens (tertiary/aromatic N) is 1. The normalized spacial score (nSPS) is 12.5.